The number of likely N-dealkylation sites (tertiary alicyclic amines) is 1. The molecule has 1 fully saturated rings. The smallest absolute Gasteiger partial charge is 0.326 e. The number of piperidine rings is 1. The van der Waals surface area contributed by atoms with E-state index in [0.717, 1.165) is 0 Å². The van der Waals surface area contributed by atoms with E-state index in [1.807, 2.05) is 18.7 Å². The average molecular weight is 313 g/mol. The van der Waals surface area contributed by atoms with E-state index >= 15 is 0 Å². The van der Waals surface area contributed by atoms with Crippen LogP contribution in [-0.4, -0.2) is 53.0 Å². The van der Waals surface area contributed by atoms with E-state index in [-0.39, 0.29) is 23.7 Å². The summed E-state index contributed by atoms with van der Waals surface area (Å²) in [5.41, 5.74) is 5.29. The predicted octanol–water partition coefficient (Wildman–Crippen LogP) is 0.188. The van der Waals surface area contributed by atoms with Crippen LogP contribution in [0, 0.1) is 11.8 Å². The van der Waals surface area contributed by atoms with Gasteiger partial charge in [0.2, 0.25) is 11.8 Å². The quantitative estimate of drug-likeness (QED) is 0.621. The largest absolute Gasteiger partial charge is 0.480 e. The van der Waals surface area contributed by atoms with Crippen LogP contribution in [0.5, 0.6) is 0 Å². The molecule has 4 N–H and O–H groups in total. The number of carboxylic acid groups (broad SMARTS) is 1. The number of rotatable bonds is 7. The molecule has 0 radical (unpaired) electrons. The molecule has 0 spiro atoms. The summed E-state index contributed by atoms with van der Waals surface area (Å²) < 4.78 is 0. The molecule has 126 valence electrons. The number of amides is 2. The summed E-state index contributed by atoms with van der Waals surface area (Å²) in [5.74, 6) is -1.85. The van der Waals surface area contributed by atoms with E-state index < -0.39 is 18.1 Å². The molecule has 0 bridgehead atoms. The number of carbonyl (C=O) groups is 3. The van der Waals surface area contributed by atoms with Crippen LogP contribution in [0.15, 0.2) is 0 Å². The van der Waals surface area contributed by atoms with Gasteiger partial charge in [0.05, 0.1) is 6.04 Å². The van der Waals surface area contributed by atoms with Crippen molar-refractivity contribution in [1.29, 1.82) is 0 Å². The highest BCUT2D eigenvalue weighted by Crippen LogP contribution is 2.19. The summed E-state index contributed by atoms with van der Waals surface area (Å²) in [6.07, 6.45) is 1.96. The standard InChI is InChI=1S/C15H27N3O4/c1-4-9(2)12(15(21)22)17-14(20)10(3)18-7-5-11(6-8-18)13(16)19/h9-12H,4-8H2,1-3H3,(H2,16,19)(H,17,20)(H,21,22). The molecule has 0 saturated carbocycles. The number of nitrogens with one attached hydrogen (secondary N) is 1. The first-order valence-electron chi connectivity index (χ1n) is 7.84. The zero-order valence-electron chi connectivity index (χ0n) is 13.5. The van der Waals surface area contributed by atoms with Gasteiger partial charge in [-0.1, -0.05) is 20.3 Å². The number of carboxylic acids is 1. The van der Waals surface area contributed by atoms with Crippen molar-refractivity contribution in [3.05, 3.63) is 0 Å². The van der Waals surface area contributed by atoms with E-state index in [2.05, 4.69) is 5.32 Å². The van der Waals surface area contributed by atoms with Crippen molar-refractivity contribution in [3.8, 4) is 0 Å². The van der Waals surface area contributed by atoms with Gasteiger partial charge in [-0.3, -0.25) is 14.5 Å². The molecule has 0 aromatic heterocycles. The van der Waals surface area contributed by atoms with Crippen LogP contribution in [0.3, 0.4) is 0 Å². The van der Waals surface area contributed by atoms with Gasteiger partial charge in [-0.2, -0.15) is 0 Å². The van der Waals surface area contributed by atoms with Crippen molar-refractivity contribution >= 4 is 17.8 Å². The second-order valence-corrected chi connectivity index (χ2v) is 6.10. The summed E-state index contributed by atoms with van der Waals surface area (Å²) in [5, 5.41) is 11.9. The van der Waals surface area contributed by atoms with E-state index in [9.17, 15) is 19.5 Å². The lowest BCUT2D eigenvalue weighted by molar-refractivity contribution is -0.144. The van der Waals surface area contributed by atoms with Gasteiger partial charge in [-0.25, -0.2) is 4.79 Å². The van der Waals surface area contributed by atoms with Crippen molar-refractivity contribution in [2.45, 2.75) is 52.1 Å². The maximum absolute atomic E-state index is 12.3. The molecule has 1 heterocycles. The van der Waals surface area contributed by atoms with E-state index in [0.29, 0.717) is 32.4 Å². The number of hydrogen-bond acceptors (Lipinski definition) is 4. The predicted molar refractivity (Wildman–Crippen MR) is 82.0 cm³/mol. The third kappa shape index (κ3) is 4.69. The Balaban J connectivity index is 2.58. The van der Waals surface area contributed by atoms with E-state index in [1.54, 1.807) is 6.92 Å². The Bertz CT molecular complexity index is 419. The first-order chi connectivity index (χ1) is 10.3. The van der Waals surface area contributed by atoms with Crippen molar-refractivity contribution in [3.63, 3.8) is 0 Å². The maximum atomic E-state index is 12.3. The molecular formula is C15H27N3O4. The average Bonchev–Trinajstić information content (AvgIpc) is 2.50. The fraction of sp³-hybridized carbons (Fsp3) is 0.800. The minimum Gasteiger partial charge on any atom is -0.480 e. The Hall–Kier alpha value is -1.63. The number of carbonyl (C=O) groups excluding carboxylic acids is 2. The zero-order chi connectivity index (χ0) is 16.9. The summed E-state index contributed by atoms with van der Waals surface area (Å²) in [4.78, 5) is 36.7. The second-order valence-electron chi connectivity index (χ2n) is 6.10. The second kappa shape index (κ2) is 8.12. The lowest BCUT2D eigenvalue weighted by Gasteiger charge is -2.35. The third-order valence-corrected chi connectivity index (χ3v) is 4.64. The first-order valence-corrected chi connectivity index (χ1v) is 7.84. The summed E-state index contributed by atoms with van der Waals surface area (Å²) in [7, 11) is 0. The van der Waals surface area contributed by atoms with Gasteiger partial charge in [0.1, 0.15) is 6.04 Å². The lowest BCUT2D eigenvalue weighted by atomic mass is 9.95. The highest BCUT2D eigenvalue weighted by molar-refractivity contribution is 5.86. The Kier molecular flexibility index (Phi) is 6.80. The minimum absolute atomic E-state index is 0.126. The summed E-state index contributed by atoms with van der Waals surface area (Å²) in [6.45, 7) is 6.69. The fourth-order valence-electron chi connectivity index (χ4n) is 2.69. The van der Waals surface area contributed by atoms with Gasteiger partial charge in [0.15, 0.2) is 0 Å². The molecule has 0 aromatic carbocycles. The molecule has 22 heavy (non-hydrogen) atoms. The molecule has 1 aliphatic heterocycles. The highest BCUT2D eigenvalue weighted by Gasteiger charge is 2.32. The third-order valence-electron chi connectivity index (χ3n) is 4.64. The molecule has 3 unspecified atom stereocenters. The van der Waals surface area contributed by atoms with Gasteiger partial charge < -0.3 is 16.2 Å². The Morgan fingerprint density at radius 3 is 2.23 bits per heavy atom. The Morgan fingerprint density at radius 2 is 1.82 bits per heavy atom. The van der Waals surface area contributed by atoms with Crippen LogP contribution in [0.1, 0.15) is 40.0 Å². The molecule has 7 heteroatoms. The minimum atomic E-state index is -1.01. The van der Waals surface area contributed by atoms with Crippen molar-refractivity contribution in [1.82, 2.24) is 10.2 Å². The van der Waals surface area contributed by atoms with Crippen LogP contribution in [0.25, 0.3) is 0 Å². The van der Waals surface area contributed by atoms with Crippen LogP contribution in [0.2, 0.25) is 0 Å². The van der Waals surface area contributed by atoms with Gasteiger partial charge in [-0.15, -0.1) is 0 Å². The number of nitrogens with zero attached hydrogens (tertiary/aromatic N) is 1. The molecule has 2 amide bonds. The molecule has 3 atom stereocenters. The van der Waals surface area contributed by atoms with Crippen LogP contribution >= 0.6 is 0 Å². The van der Waals surface area contributed by atoms with Gasteiger partial charge in [-0.05, 0) is 38.8 Å². The maximum Gasteiger partial charge on any atom is 0.326 e. The zero-order valence-corrected chi connectivity index (χ0v) is 13.5. The van der Waals surface area contributed by atoms with Crippen LogP contribution in [-0.2, 0) is 14.4 Å². The van der Waals surface area contributed by atoms with Crippen LogP contribution < -0.4 is 11.1 Å². The molecule has 1 rings (SSSR count). The number of hydrogen-bond donors (Lipinski definition) is 3. The molecule has 1 aliphatic rings. The monoisotopic (exact) mass is 313 g/mol. The number of nitrogens with two attached hydrogens (primary N) is 1. The highest BCUT2D eigenvalue weighted by atomic mass is 16.4. The fourth-order valence-corrected chi connectivity index (χ4v) is 2.69. The summed E-state index contributed by atoms with van der Waals surface area (Å²) in [6, 6.07) is -1.29. The molecule has 7 nitrogen and oxygen atoms in total. The number of primary amides is 1. The van der Waals surface area contributed by atoms with Gasteiger partial charge in [0, 0.05) is 5.92 Å². The van der Waals surface area contributed by atoms with Gasteiger partial charge in [0.25, 0.3) is 0 Å². The Labute approximate surface area is 131 Å². The molecule has 0 aliphatic carbocycles. The van der Waals surface area contributed by atoms with Crippen molar-refractivity contribution < 1.29 is 19.5 Å². The van der Waals surface area contributed by atoms with Crippen LogP contribution in [0.4, 0.5) is 0 Å². The number of aliphatic carboxylic acids is 1. The normalized spacial score (nSPS) is 20.9. The molecule has 0 aromatic rings. The summed E-state index contributed by atoms with van der Waals surface area (Å²) >= 11 is 0. The van der Waals surface area contributed by atoms with E-state index in [1.165, 1.54) is 0 Å². The van der Waals surface area contributed by atoms with Crippen molar-refractivity contribution in [2.75, 3.05) is 13.1 Å². The SMILES string of the molecule is CCC(C)C(NC(=O)C(C)N1CCC(C(N)=O)CC1)C(=O)O. The lowest BCUT2D eigenvalue weighted by Crippen LogP contribution is -2.54. The first kappa shape index (κ1) is 18.4. The molecule has 1 saturated heterocycles. The van der Waals surface area contributed by atoms with Crippen molar-refractivity contribution in [2.24, 2.45) is 17.6 Å². The topological polar surface area (TPSA) is 113 Å². The van der Waals surface area contributed by atoms with Gasteiger partial charge >= 0.3 is 5.97 Å². The van der Waals surface area contributed by atoms with E-state index in [4.69, 9.17) is 5.73 Å². The molecular weight excluding hydrogens is 286 g/mol. The Morgan fingerprint density at radius 1 is 1.27 bits per heavy atom.